The molecule has 0 atom stereocenters. The maximum absolute atomic E-state index is 12.9. The molecule has 1 amide bonds. The summed E-state index contributed by atoms with van der Waals surface area (Å²) in [6.07, 6.45) is 6.42. The van der Waals surface area contributed by atoms with Crippen LogP contribution in [-0.4, -0.2) is 20.6 Å². The van der Waals surface area contributed by atoms with E-state index < -0.39 is 0 Å². The average Bonchev–Trinajstić information content (AvgIpc) is 3.37. The van der Waals surface area contributed by atoms with Gasteiger partial charge >= 0.3 is 0 Å². The molecule has 0 spiro atoms. The van der Waals surface area contributed by atoms with Gasteiger partial charge in [-0.3, -0.25) is 9.48 Å². The number of halogens is 1. The number of nitrogens with zero attached hydrogens (tertiary/aromatic N) is 3. The van der Waals surface area contributed by atoms with Gasteiger partial charge in [-0.2, -0.15) is 5.10 Å². The van der Waals surface area contributed by atoms with Crippen LogP contribution in [0.1, 0.15) is 36.6 Å². The zero-order chi connectivity index (χ0) is 20.1. The number of hydrogen-bond donors (Lipinski definition) is 0. The molecular weight excluding hydrogens is 378 g/mol. The molecule has 0 bridgehead atoms. The third-order valence-electron chi connectivity index (χ3n) is 4.21. The molecule has 0 aliphatic heterocycles. The van der Waals surface area contributed by atoms with Crippen LogP contribution in [0.15, 0.2) is 51.7 Å². The Morgan fingerprint density at radius 3 is 2.32 bits per heavy atom. The second-order valence-electron chi connectivity index (χ2n) is 7.05. The first-order valence-electron chi connectivity index (χ1n) is 9.18. The maximum Gasteiger partial charge on any atom is 0.247 e. The molecule has 148 valence electrons. The number of amides is 1. The van der Waals surface area contributed by atoms with Crippen LogP contribution in [0.25, 0.3) is 6.08 Å². The lowest BCUT2D eigenvalue weighted by Crippen LogP contribution is -2.28. The molecule has 3 rings (SSSR count). The Kier molecular flexibility index (Phi) is 6.41. The van der Waals surface area contributed by atoms with Crippen LogP contribution >= 0.6 is 11.6 Å². The van der Waals surface area contributed by atoms with Crippen molar-refractivity contribution in [3.05, 3.63) is 70.8 Å². The highest BCUT2D eigenvalue weighted by Gasteiger charge is 2.17. The summed E-state index contributed by atoms with van der Waals surface area (Å²) in [5.74, 6) is 1.66. The highest BCUT2D eigenvalue weighted by Crippen LogP contribution is 2.22. The second kappa shape index (κ2) is 8.97. The van der Waals surface area contributed by atoms with Gasteiger partial charge in [0.05, 0.1) is 31.3 Å². The maximum atomic E-state index is 12.9. The highest BCUT2D eigenvalue weighted by molar-refractivity contribution is 6.31. The molecule has 6 nitrogen and oxygen atoms in total. The third-order valence-corrected chi connectivity index (χ3v) is 4.60. The summed E-state index contributed by atoms with van der Waals surface area (Å²) >= 11 is 6.46. The van der Waals surface area contributed by atoms with Crippen LogP contribution in [0.4, 0.5) is 0 Å². The van der Waals surface area contributed by atoms with Crippen molar-refractivity contribution in [3.8, 4) is 0 Å². The number of furan rings is 2. The quantitative estimate of drug-likeness (QED) is 0.502. The summed E-state index contributed by atoms with van der Waals surface area (Å²) in [6, 6.07) is 7.27. The predicted molar refractivity (Wildman–Crippen MR) is 108 cm³/mol. The van der Waals surface area contributed by atoms with Crippen molar-refractivity contribution in [1.82, 2.24) is 14.7 Å². The Morgan fingerprint density at radius 2 is 1.82 bits per heavy atom. The number of aryl methyl sites for hydroxylation is 1. The molecule has 0 saturated carbocycles. The van der Waals surface area contributed by atoms with E-state index in [0.29, 0.717) is 35.7 Å². The van der Waals surface area contributed by atoms with Crippen molar-refractivity contribution in [1.29, 1.82) is 0 Å². The van der Waals surface area contributed by atoms with Gasteiger partial charge in [0.25, 0.3) is 0 Å². The Morgan fingerprint density at radius 1 is 1.21 bits per heavy atom. The van der Waals surface area contributed by atoms with Gasteiger partial charge in [0.15, 0.2) is 0 Å². The largest absolute Gasteiger partial charge is 0.467 e. The zero-order valence-corrected chi connectivity index (χ0v) is 17.0. The van der Waals surface area contributed by atoms with Crippen LogP contribution in [0, 0.1) is 12.8 Å². The molecule has 7 heteroatoms. The topological polar surface area (TPSA) is 64.4 Å². The van der Waals surface area contributed by atoms with E-state index in [9.17, 15) is 4.79 Å². The molecule has 0 N–H and O–H groups in total. The predicted octanol–water partition coefficient (Wildman–Crippen LogP) is 4.93. The zero-order valence-electron chi connectivity index (χ0n) is 16.3. The SMILES string of the molecule is Cc1nn(CC(C)C)c(Cl)c1/C=C/C(=O)N(Cc1ccco1)Cc1ccco1. The molecule has 0 fully saturated rings. The van der Waals surface area contributed by atoms with Crippen LogP contribution in [0.2, 0.25) is 5.15 Å². The van der Waals surface area contributed by atoms with E-state index in [-0.39, 0.29) is 5.91 Å². The van der Waals surface area contributed by atoms with Gasteiger partial charge in [-0.1, -0.05) is 25.4 Å². The lowest BCUT2D eigenvalue weighted by Gasteiger charge is -2.18. The number of hydrogen-bond acceptors (Lipinski definition) is 4. The standard InChI is InChI=1S/C21H24ClN3O3/c1-15(2)12-25-21(22)19(16(3)23-25)8-9-20(26)24(13-17-6-4-10-27-17)14-18-7-5-11-28-18/h4-11,15H,12-14H2,1-3H3/b9-8+. The van der Waals surface area contributed by atoms with Crippen LogP contribution in [-0.2, 0) is 24.4 Å². The molecular formula is C21H24ClN3O3. The van der Waals surface area contributed by atoms with Gasteiger partial charge in [0.2, 0.25) is 5.91 Å². The minimum absolute atomic E-state index is 0.167. The van der Waals surface area contributed by atoms with Gasteiger partial charge in [-0.25, -0.2) is 0 Å². The summed E-state index contributed by atoms with van der Waals surface area (Å²) < 4.78 is 12.6. The van der Waals surface area contributed by atoms with E-state index in [1.165, 1.54) is 6.08 Å². The molecule has 0 radical (unpaired) electrons. The first-order valence-corrected chi connectivity index (χ1v) is 9.56. The van der Waals surface area contributed by atoms with Gasteiger partial charge in [-0.15, -0.1) is 0 Å². The Hall–Kier alpha value is -2.73. The van der Waals surface area contributed by atoms with Gasteiger partial charge in [0, 0.05) is 18.2 Å². The number of aromatic nitrogens is 2. The normalized spacial score (nSPS) is 11.6. The first kappa shape index (κ1) is 20.0. The Bertz CT molecular complexity index is 888. The van der Waals surface area contributed by atoms with E-state index in [2.05, 4.69) is 18.9 Å². The van der Waals surface area contributed by atoms with E-state index in [4.69, 9.17) is 20.4 Å². The summed E-state index contributed by atoms with van der Waals surface area (Å²) in [5.41, 5.74) is 1.55. The van der Waals surface area contributed by atoms with Crippen molar-refractivity contribution in [2.75, 3.05) is 0 Å². The summed E-state index contributed by atoms with van der Waals surface area (Å²) in [7, 11) is 0. The fourth-order valence-electron chi connectivity index (χ4n) is 2.88. The smallest absolute Gasteiger partial charge is 0.247 e. The molecule has 0 aliphatic rings. The van der Waals surface area contributed by atoms with Crippen LogP contribution in [0.5, 0.6) is 0 Å². The van der Waals surface area contributed by atoms with Crippen LogP contribution in [0.3, 0.4) is 0 Å². The lowest BCUT2D eigenvalue weighted by molar-refractivity contribution is -0.127. The van der Waals surface area contributed by atoms with Crippen molar-refractivity contribution < 1.29 is 13.6 Å². The first-order chi connectivity index (χ1) is 13.4. The molecule has 3 aromatic rings. The van der Waals surface area contributed by atoms with Gasteiger partial charge in [-0.05, 0) is 43.2 Å². The number of carbonyl (C=O) groups excluding carboxylic acids is 1. The molecule has 0 aliphatic carbocycles. The highest BCUT2D eigenvalue weighted by atomic mass is 35.5. The fraction of sp³-hybridized carbons (Fsp3) is 0.333. The monoisotopic (exact) mass is 401 g/mol. The van der Waals surface area contributed by atoms with E-state index in [0.717, 1.165) is 17.8 Å². The minimum Gasteiger partial charge on any atom is -0.467 e. The molecule has 28 heavy (non-hydrogen) atoms. The Labute approximate surface area is 169 Å². The Balaban J connectivity index is 1.78. The fourth-order valence-corrected chi connectivity index (χ4v) is 3.18. The third kappa shape index (κ3) is 4.95. The molecule has 3 heterocycles. The van der Waals surface area contributed by atoms with Crippen LogP contribution < -0.4 is 0 Å². The summed E-state index contributed by atoms with van der Waals surface area (Å²) in [4.78, 5) is 14.5. The van der Waals surface area contributed by atoms with E-state index in [1.807, 2.05) is 19.1 Å². The van der Waals surface area contributed by atoms with Crippen molar-refractivity contribution in [2.24, 2.45) is 5.92 Å². The molecule has 0 unspecified atom stereocenters. The second-order valence-corrected chi connectivity index (χ2v) is 7.41. The van der Waals surface area contributed by atoms with Crippen molar-refractivity contribution in [2.45, 2.75) is 40.4 Å². The molecule has 3 aromatic heterocycles. The van der Waals surface area contributed by atoms with E-state index >= 15 is 0 Å². The summed E-state index contributed by atoms with van der Waals surface area (Å²) in [6.45, 7) is 7.51. The average molecular weight is 402 g/mol. The van der Waals surface area contributed by atoms with Gasteiger partial charge in [0.1, 0.15) is 16.7 Å². The van der Waals surface area contributed by atoms with Crippen molar-refractivity contribution >= 4 is 23.6 Å². The lowest BCUT2D eigenvalue weighted by atomic mass is 10.2. The number of rotatable bonds is 8. The van der Waals surface area contributed by atoms with E-state index in [1.54, 1.807) is 40.3 Å². The molecule has 0 saturated heterocycles. The minimum atomic E-state index is -0.167. The number of carbonyl (C=O) groups is 1. The summed E-state index contributed by atoms with van der Waals surface area (Å²) in [5, 5.41) is 5.01. The van der Waals surface area contributed by atoms with Gasteiger partial charge < -0.3 is 13.7 Å². The van der Waals surface area contributed by atoms with Crippen molar-refractivity contribution in [3.63, 3.8) is 0 Å². The molecule has 0 aromatic carbocycles.